The van der Waals surface area contributed by atoms with Crippen molar-refractivity contribution in [1.82, 2.24) is 15.0 Å². The number of carbonyl (C=O) groups excluding carboxylic acids is 1. The molecule has 2 N–H and O–H groups in total. The number of thiazole rings is 1. The maximum Gasteiger partial charge on any atom is 0.295 e. The lowest BCUT2D eigenvalue weighted by Crippen LogP contribution is -2.11. The molecule has 0 aliphatic carbocycles. The van der Waals surface area contributed by atoms with E-state index in [1.807, 2.05) is 0 Å². The number of aromatic nitrogens is 3. The van der Waals surface area contributed by atoms with Crippen LogP contribution < -0.4 is 5.32 Å². The van der Waals surface area contributed by atoms with E-state index in [-0.39, 0.29) is 10.7 Å². The number of halogens is 4. The zero-order valence-corrected chi connectivity index (χ0v) is 14.7. The third kappa shape index (κ3) is 3.46. The SMILES string of the molecule is O=C(Nc1nc(-c2ccc(F)c(F)c2)cs1)c1ccc2nc(C(F)F)[nH]c2c1. The average molecular weight is 406 g/mol. The molecule has 1 amide bonds. The number of carbonyl (C=O) groups is 1. The molecule has 0 radical (unpaired) electrons. The fraction of sp³-hybridized carbons (Fsp3) is 0.0556. The minimum Gasteiger partial charge on any atom is -0.337 e. The standard InChI is InChI=1S/C18H10F4N4OS/c19-10-3-1-8(5-11(10)20)14-7-28-18(25-14)26-17(27)9-2-4-12-13(6-9)24-16(23-12)15(21)22/h1-7,15H,(H,23,24)(H,25,26,27). The van der Waals surface area contributed by atoms with Gasteiger partial charge in [0.1, 0.15) is 0 Å². The number of hydrogen-bond acceptors (Lipinski definition) is 4. The van der Waals surface area contributed by atoms with Crippen molar-refractivity contribution in [3.8, 4) is 11.3 Å². The Kier molecular flexibility index (Phi) is 4.55. The number of anilines is 1. The Morgan fingerprint density at radius 1 is 1.07 bits per heavy atom. The van der Waals surface area contributed by atoms with Gasteiger partial charge in [-0.15, -0.1) is 11.3 Å². The van der Waals surface area contributed by atoms with Gasteiger partial charge in [-0.25, -0.2) is 27.5 Å². The first kappa shape index (κ1) is 18.1. The monoisotopic (exact) mass is 406 g/mol. The number of fused-ring (bicyclic) bond motifs is 1. The summed E-state index contributed by atoms with van der Waals surface area (Å²) < 4.78 is 51.8. The van der Waals surface area contributed by atoms with Crippen molar-refractivity contribution in [3.63, 3.8) is 0 Å². The van der Waals surface area contributed by atoms with Gasteiger partial charge in [0, 0.05) is 16.5 Å². The van der Waals surface area contributed by atoms with Crippen LogP contribution in [0.15, 0.2) is 41.8 Å². The van der Waals surface area contributed by atoms with E-state index in [4.69, 9.17) is 0 Å². The fourth-order valence-corrected chi connectivity index (χ4v) is 3.28. The molecule has 0 unspecified atom stereocenters. The lowest BCUT2D eigenvalue weighted by atomic mass is 10.2. The molecule has 0 fully saturated rings. The maximum atomic E-state index is 13.4. The van der Waals surface area contributed by atoms with Crippen molar-refractivity contribution >= 4 is 33.4 Å². The van der Waals surface area contributed by atoms with Gasteiger partial charge in [-0.1, -0.05) is 0 Å². The number of H-pyrrole nitrogens is 1. The highest BCUT2D eigenvalue weighted by molar-refractivity contribution is 7.14. The van der Waals surface area contributed by atoms with Crippen molar-refractivity contribution in [3.05, 3.63) is 64.8 Å². The molecule has 4 rings (SSSR count). The van der Waals surface area contributed by atoms with Crippen molar-refractivity contribution in [2.45, 2.75) is 6.43 Å². The van der Waals surface area contributed by atoms with Gasteiger partial charge in [0.15, 0.2) is 22.6 Å². The Hall–Kier alpha value is -3.27. The number of alkyl halides is 2. The van der Waals surface area contributed by atoms with Crippen molar-refractivity contribution in [1.29, 1.82) is 0 Å². The first-order valence-electron chi connectivity index (χ1n) is 7.91. The quantitative estimate of drug-likeness (QED) is 0.460. The number of nitrogens with zero attached hydrogens (tertiary/aromatic N) is 2. The summed E-state index contributed by atoms with van der Waals surface area (Å²) in [6.45, 7) is 0. The van der Waals surface area contributed by atoms with E-state index in [0.29, 0.717) is 22.3 Å². The summed E-state index contributed by atoms with van der Waals surface area (Å²) in [5.41, 5.74) is 1.60. The van der Waals surface area contributed by atoms with E-state index in [0.717, 1.165) is 23.5 Å². The zero-order chi connectivity index (χ0) is 19.8. The second-order valence-electron chi connectivity index (χ2n) is 5.78. The van der Waals surface area contributed by atoms with Crippen LogP contribution in [0.25, 0.3) is 22.3 Å². The molecule has 2 aromatic carbocycles. The average Bonchev–Trinajstić information content (AvgIpc) is 3.30. The van der Waals surface area contributed by atoms with Crippen LogP contribution in [0.4, 0.5) is 22.7 Å². The first-order valence-corrected chi connectivity index (χ1v) is 8.79. The lowest BCUT2D eigenvalue weighted by molar-refractivity contribution is 0.102. The molecule has 0 atom stereocenters. The van der Waals surface area contributed by atoms with Crippen LogP contribution in [0, 0.1) is 11.6 Å². The van der Waals surface area contributed by atoms with Crippen LogP contribution in [-0.2, 0) is 0 Å². The Labute approximate surface area is 159 Å². The molecule has 5 nitrogen and oxygen atoms in total. The van der Waals surface area contributed by atoms with Crippen LogP contribution in [0.2, 0.25) is 0 Å². The number of aromatic amines is 1. The van der Waals surface area contributed by atoms with Gasteiger partial charge in [0.2, 0.25) is 0 Å². The predicted octanol–water partition coefficient (Wildman–Crippen LogP) is 5.15. The van der Waals surface area contributed by atoms with Gasteiger partial charge < -0.3 is 4.98 Å². The van der Waals surface area contributed by atoms with E-state index in [2.05, 4.69) is 20.3 Å². The largest absolute Gasteiger partial charge is 0.337 e. The summed E-state index contributed by atoms with van der Waals surface area (Å²) >= 11 is 1.11. The zero-order valence-electron chi connectivity index (χ0n) is 13.8. The van der Waals surface area contributed by atoms with Gasteiger partial charge in [-0.05, 0) is 36.4 Å². The Balaban J connectivity index is 1.54. The fourth-order valence-electron chi connectivity index (χ4n) is 2.56. The van der Waals surface area contributed by atoms with Crippen LogP contribution in [0.1, 0.15) is 22.6 Å². The number of amides is 1. The molecule has 0 aliphatic rings. The minimum atomic E-state index is -2.74. The molecule has 2 heterocycles. The highest BCUT2D eigenvalue weighted by atomic mass is 32.1. The van der Waals surface area contributed by atoms with Gasteiger partial charge in [0.25, 0.3) is 12.3 Å². The highest BCUT2D eigenvalue weighted by Gasteiger charge is 2.15. The van der Waals surface area contributed by atoms with Gasteiger partial charge in [-0.3, -0.25) is 10.1 Å². The third-order valence-corrected chi connectivity index (χ3v) is 4.67. The number of imidazole rings is 1. The van der Waals surface area contributed by atoms with Gasteiger partial charge in [0.05, 0.1) is 16.7 Å². The maximum absolute atomic E-state index is 13.4. The summed E-state index contributed by atoms with van der Waals surface area (Å²) in [6, 6.07) is 7.72. The molecule has 4 aromatic rings. The van der Waals surface area contributed by atoms with E-state index in [9.17, 15) is 22.4 Å². The molecule has 28 heavy (non-hydrogen) atoms. The smallest absolute Gasteiger partial charge is 0.295 e. The molecule has 0 saturated carbocycles. The molecule has 2 aromatic heterocycles. The van der Waals surface area contributed by atoms with Gasteiger partial charge >= 0.3 is 0 Å². The highest BCUT2D eigenvalue weighted by Crippen LogP contribution is 2.27. The number of hydrogen-bond donors (Lipinski definition) is 2. The lowest BCUT2D eigenvalue weighted by Gasteiger charge is -2.02. The van der Waals surface area contributed by atoms with Crippen LogP contribution in [-0.4, -0.2) is 20.9 Å². The van der Waals surface area contributed by atoms with Crippen molar-refractivity contribution < 1.29 is 22.4 Å². The van der Waals surface area contributed by atoms with Crippen LogP contribution in [0.5, 0.6) is 0 Å². The molecule has 10 heteroatoms. The minimum absolute atomic E-state index is 0.224. The van der Waals surface area contributed by atoms with E-state index >= 15 is 0 Å². The normalized spacial score (nSPS) is 11.3. The molecule has 0 saturated heterocycles. The predicted molar refractivity (Wildman–Crippen MR) is 96.5 cm³/mol. The third-order valence-electron chi connectivity index (χ3n) is 3.91. The Morgan fingerprint density at radius 2 is 1.89 bits per heavy atom. The van der Waals surface area contributed by atoms with Crippen molar-refractivity contribution in [2.75, 3.05) is 5.32 Å². The molecule has 0 spiro atoms. The van der Waals surface area contributed by atoms with Gasteiger partial charge in [-0.2, -0.15) is 0 Å². The molecule has 142 valence electrons. The summed E-state index contributed by atoms with van der Waals surface area (Å²) in [6.07, 6.45) is -2.74. The second-order valence-corrected chi connectivity index (χ2v) is 6.63. The molecular weight excluding hydrogens is 396 g/mol. The Morgan fingerprint density at radius 3 is 2.64 bits per heavy atom. The van der Waals surface area contributed by atoms with Crippen molar-refractivity contribution in [2.24, 2.45) is 0 Å². The topological polar surface area (TPSA) is 70.7 Å². The number of benzene rings is 2. The van der Waals surface area contributed by atoms with E-state index < -0.39 is 29.8 Å². The summed E-state index contributed by atoms with van der Waals surface area (Å²) in [4.78, 5) is 22.8. The number of rotatable bonds is 4. The van der Waals surface area contributed by atoms with E-state index in [1.54, 1.807) is 5.38 Å². The summed E-state index contributed by atoms with van der Waals surface area (Å²) in [5, 5.41) is 4.43. The van der Waals surface area contributed by atoms with Crippen LogP contribution in [0.3, 0.4) is 0 Å². The van der Waals surface area contributed by atoms with Crippen LogP contribution >= 0.6 is 11.3 Å². The molecular formula is C18H10F4N4OS. The molecule has 0 aliphatic heterocycles. The van der Waals surface area contributed by atoms with E-state index in [1.165, 1.54) is 24.3 Å². The second kappa shape index (κ2) is 7.04. The summed E-state index contributed by atoms with van der Waals surface area (Å²) in [7, 11) is 0. The number of nitrogens with one attached hydrogen (secondary N) is 2. The first-order chi connectivity index (χ1) is 13.4. The summed E-state index contributed by atoms with van der Waals surface area (Å²) in [5.74, 6) is -2.92. The Bertz CT molecular complexity index is 1190. The molecule has 0 bridgehead atoms.